The molecule has 14 heteroatoms. The first-order valence-electron chi connectivity index (χ1n) is 13.7. The smallest absolute Gasteiger partial charge is 0.243 e. The van der Waals surface area contributed by atoms with Gasteiger partial charge in [-0.1, -0.05) is 12.2 Å². The summed E-state index contributed by atoms with van der Waals surface area (Å²) < 4.78 is 0. The largest absolute Gasteiger partial charge is 0.380 e. The molecule has 0 fully saturated rings. The predicted molar refractivity (Wildman–Crippen MR) is 156 cm³/mol. The second kappa shape index (κ2) is 21.5. The molecule has 0 unspecified atom stereocenters. The van der Waals surface area contributed by atoms with Gasteiger partial charge < -0.3 is 37.6 Å². The van der Waals surface area contributed by atoms with E-state index in [-0.39, 0.29) is 18.2 Å². The van der Waals surface area contributed by atoms with Gasteiger partial charge in [0.2, 0.25) is 35.4 Å². The molecule has 0 saturated carbocycles. The summed E-state index contributed by atoms with van der Waals surface area (Å²) in [5, 5.41) is 16.4. The number of nitrogens with two attached hydrogens (primary N) is 1. The third kappa shape index (κ3) is 19.7. The molecule has 0 spiro atoms. The van der Waals surface area contributed by atoms with Crippen LogP contribution in [0.15, 0.2) is 0 Å². The Morgan fingerprint density at radius 3 is 1.30 bits per heavy atom. The summed E-state index contributed by atoms with van der Waals surface area (Å²) in [7, 11) is 0. The van der Waals surface area contributed by atoms with Crippen LogP contribution in [-0.2, 0) is 28.8 Å². The summed E-state index contributed by atoms with van der Waals surface area (Å²) in [6.45, 7) is 7.40. The molecule has 3 atom stereocenters. The lowest BCUT2D eigenvalue weighted by atomic mass is 10.0. The van der Waals surface area contributed by atoms with Crippen molar-refractivity contribution in [3.63, 3.8) is 0 Å². The topological polar surface area (TPSA) is 201 Å². The van der Waals surface area contributed by atoms with Crippen molar-refractivity contribution in [2.75, 3.05) is 19.6 Å². The van der Waals surface area contributed by atoms with Gasteiger partial charge in [-0.3, -0.25) is 28.8 Å². The maximum absolute atomic E-state index is 13.2. The highest BCUT2D eigenvalue weighted by atomic mass is 32.1. The SMILES string of the molecule is CC(=O)NCCCC[C@H](NC(=O)[C@H](CCCCNC(C)=S)NC(=O)[C@H](CCCCNC(C)=O)NC(C)=O)C(N)=O. The zero-order valence-corrected chi connectivity index (χ0v) is 25.0. The Morgan fingerprint density at radius 1 is 0.550 bits per heavy atom. The molecule has 0 aromatic rings. The van der Waals surface area contributed by atoms with Gasteiger partial charge in [-0.2, -0.15) is 0 Å². The van der Waals surface area contributed by atoms with Crippen LogP contribution in [0.25, 0.3) is 0 Å². The van der Waals surface area contributed by atoms with Gasteiger partial charge in [0, 0.05) is 40.4 Å². The fourth-order valence-electron chi connectivity index (χ4n) is 3.83. The lowest BCUT2D eigenvalue weighted by molar-refractivity contribution is -0.133. The predicted octanol–water partition coefficient (Wildman–Crippen LogP) is -0.334. The first-order chi connectivity index (χ1) is 18.8. The van der Waals surface area contributed by atoms with Crippen LogP contribution in [0.1, 0.15) is 85.5 Å². The van der Waals surface area contributed by atoms with E-state index in [1.54, 1.807) is 6.92 Å². The van der Waals surface area contributed by atoms with Crippen LogP contribution in [0, 0.1) is 0 Å². The van der Waals surface area contributed by atoms with Crippen LogP contribution >= 0.6 is 12.2 Å². The van der Waals surface area contributed by atoms with Gasteiger partial charge in [0.25, 0.3) is 0 Å². The number of amides is 6. The van der Waals surface area contributed by atoms with Crippen molar-refractivity contribution < 1.29 is 28.8 Å². The molecule has 228 valence electrons. The second-order valence-electron chi connectivity index (χ2n) is 9.71. The van der Waals surface area contributed by atoms with Gasteiger partial charge in [-0.15, -0.1) is 0 Å². The first kappa shape index (κ1) is 36.7. The maximum Gasteiger partial charge on any atom is 0.243 e. The Hall–Kier alpha value is -3.29. The van der Waals surface area contributed by atoms with Gasteiger partial charge in [0.1, 0.15) is 18.1 Å². The Morgan fingerprint density at radius 2 is 0.925 bits per heavy atom. The molecule has 0 aromatic heterocycles. The quantitative estimate of drug-likeness (QED) is 0.0701. The lowest BCUT2D eigenvalue weighted by Crippen LogP contribution is -2.56. The molecule has 0 saturated heterocycles. The van der Waals surface area contributed by atoms with Crippen molar-refractivity contribution in [2.45, 2.75) is 104 Å². The van der Waals surface area contributed by atoms with E-state index in [0.717, 1.165) is 0 Å². The molecular weight excluding hydrogens is 538 g/mol. The number of carbonyl (C=O) groups excluding carboxylic acids is 6. The normalized spacial score (nSPS) is 12.7. The number of unbranched alkanes of at least 4 members (excludes halogenated alkanes) is 3. The molecule has 0 bridgehead atoms. The van der Waals surface area contributed by atoms with Gasteiger partial charge >= 0.3 is 0 Å². The Kier molecular flexibility index (Phi) is 19.8. The van der Waals surface area contributed by atoms with Crippen LogP contribution in [0.4, 0.5) is 0 Å². The zero-order chi connectivity index (χ0) is 30.5. The van der Waals surface area contributed by atoms with Crippen molar-refractivity contribution in [1.82, 2.24) is 31.9 Å². The third-order valence-corrected chi connectivity index (χ3v) is 6.01. The summed E-state index contributed by atoms with van der Waals surface area (Å²) in [5.41, 5.74) is 5.51. The van der Waals surface area contributed by atoms with E-state index >= 15 is 0 Å². The molecule has 0 aromatic carbocycles. The minimum atomic E-state index is -0.960. The highest BCUT2D eigenvalue weighted by Gasteiger charge is 2.28. The molecule has 6 amide bonds. The number of hydrogen-bond acceptors (Lipinski definition) is 7. The van der Waals surface area contributed by atoms with Crippen LogP contribution in [0.5, 0.6) is 0 Å². The molecule has 0 aliphatic rings. The van der Waals surface area contributed by atoms with E-state index in [4.69, 9.17) is 18.0 Å². The van der Waals surface area contributed by atoms with Gasteiger partial charge in [0.15, 0.2) is 0 Å². The van der Waals surface area contributed by atoms with Gasteiger partial charge in [-0.25, -0.2) is 0 Å². The third-order valence-electron chi connectivity index (χ3n) is 5.87. The number of thiocarbonyl (C=S) groups is 1. The van der Waals surface area contributed by atoms with Crippen molar-refractivity contribution in [3.8, 4) is 0 Å². The number of hydrogen-bond donors (Lipinski definition) is 7. The number of carbonyl (C=O) groups is 6. The number of rotatable bonds is 21. The van der Waals surface area contributed by atoms with Crippen molar-refractivity contribution in [2.24, 2.45) is 5.73 Å². The number of primary amides is 1. The molecule has 0 aliphatic heterocycles. The Bertz CT molecular complexity index is 870. The minimum Gasteiger partial charge on any atom is -0.380 e. The van der Waals surface area contributed by atoms with Crippen LogP contribution in [0.2, 0.25) is 0 Å². The van der Waals surface area contributed by atoms with E-state index < -0.39 is 41.8 Å². The van der Waals surface area contributed by atoms with Gasteiger partial charge in [0.05, 0.1) is 4.99 Å². The van der Waals surface area contributed by atoms with E-state index in [9.17, 15) is 28.8 Å². The molecular formula is C26H47N7O6S. The first-order valence-corrected chi connectivity index (χ1v) is 14.1. The van der Waals surface area contributed by atoms with Crippen molar-refractivity contribution >= 4 is 52.6 Å². The summed E-state index contributed by atoms with van der Waals surface area (Å²) in [5.74, 6) is -2.46. The van der Waals surface area contributed by atoms with Gasteiger partial charge in [-0.05, 0) is 64.7 Å². The molecule has 8 N–H and O–H groups in total. The minimum absolute atomic E-state index is 0.150. The highest BCUT2D eigenvalue weighted by molar-refractivity contribution is 7.80. The molecule has 13 nitrogen and oxygen atoms in total. The Labute approximate surface area is 242 Å². The fraction of sp³-hybridized carbons (Fsp3) is 0.731. The summed E-state index contributed by atoms with van der Waals surface area (Å²) in [6, 6.07) is -2.77. The standard InChI is InChI=1S/C26H47N7O6S/c1-17(34)28-14-8-5-11-21(24(27)37)32-26(39)23(13-7-10-16-30-20(4)40)33-25(38)22(31-19(3)36)12-6-9-15-29-18(2)35/h21-23H,5-16H2,1-4H3,(H2,27,37)(H,28,34)(H,29,35)(H,30,40)(H,31,36)(H,32,39)(H,33,38)/t21-,22-,23-/m0/s1. The molecule has 40 heavy (non-hydrogen) atoms. The maximum atomic E-state index is 13.2. The summed E-state index contributed by atoms with van der Waals surface area (Å²) in [6.07, 6.45) is 4.46. The van der Waals surface area contributed by atoms with E-state index in [2.05, 4.69) is 31.9 Å². The van der Waals surface area contributed by atoms with Crippen LogP contribution in [-0.4, -0.2) is 78.2 Å². The monoisotopic (exact) mass is 585 g/mol. The molecule has 0 heterocycles. The summed E-state index contributed by atoms with van der Waals surface area (Å²) >= 11 is 5.01. The average Bonchev–Trinajstić information content (AvgIpc) is 2.84. The lowest BCUT2D eigenvalue weighted by Gasteiger charge is -2.25. The van der Waals surface area contributed by atoms with Crippen LogP contribution in [0.3, 0.4) is 0 Å². The Balaban J connectivity index is 5.32. The fourth-order valence-corrected chi connectivity index (χ4v) is 3.93. The van der Waals surface area contributed by atoms with Crippen molar-refractivity contribution in [3.05, 3.63) is 0 Å². The molecule has 0 aliphatic carbocycles. The second-order valence-corrected chi connectivity index (χ2v) is 10.3. The molecule has 0 radical (unpaired) electrons. The van der Waals surface area contributed by atoms with E-state index in [1.165, 1.54) is 20.8 Å². The van der Waals surface area contributed by atoms with E-state index in [1.807, 2.05) is 0 Å². The average molecular weight is 586 g/mol. The number of nitrogens with one attached hydrogen (secondary N) is 6. The van der Waals surface area contributed by atoms with E-state index in [0.29, 0.717) is 76.0 Å². The molecule has 0 rings (SSSR count). The van der Waals surface area contributed by atoms with Crippen molar-refractivity contribution in [1.29, 1.82) is 0 Å². The van der Waals surface area contributed by atoms with Crippen LogP contribution < -0.4 is 37.6 Å². The summed E-state index contributed by atoms with van der Waals surface area (Å²) in [4.78, 5) is 72.8. The highest BCUT2D eigenvalue weighted by Crippen LogP contribution is 2.08. The zero-order valence-electron chi connectivity index (χ0n) is 24.2.